The number of carbonyl (C=O) groups excluding carboxylic acids is 1. The summed E-state index contributed by atoms with van der Waals surface area (Å²) in [7, 11) is 0. The lowest BCUT2D eigenvalue weighted by Gasteiger charge is -2.24. The Morgan fingerprint density at radius 3 is 2.24 bits per heavy atom. The van der Waals surface area contributed by atoms with Crippen molar-refractivity contribution in [2.45, 2.75) is 58.4 Å². The molecule has 0 heterocycles. The van der Waals surface area contributed by atoms with Crippen molar-refractivity contribution in [1.82, 2.24) is 5.32 Å². The van der Waals surface area contributed by atoms with Gasteiger partial charge in [-0.2, -0.15) is 0 Å². The van der Waals surface area contributed by atoms with Crippen LogP contribution in [0.25, 0.3) is 0 Å². The Hall–Kier alpha value is -1.06. The molecule has 1 atom stereocenters. The fourth-order valence-corrected chi connectivity index (χ4v) is 2.48. The second kappa shape index (κ2) is 5.52. The second-order valence-corrected chi connectivity index (χ2v) is 5.99. The minimum atomic E-state index is -0.832. The van der Waals surface area contributed by atoms with E-state index in [0.29, 0.717) is 0 Å². The van der Waals surface area contributed by atoms with Crippen molar-refractivity contribution in [2.24, 2.45) is 11.8 Å². The number of hydrogen-bond donors (Lipinski definition) is 2. The molecule has 0 aliphatic heterocycles. The molecule has 0 aromatic heterocycles. The Kier molecular flexibility index (Phi) is 4.54. The molecule has 1 aliphatic carbocycles. The van der Waals surface area contributed by atoms with Crippen LogP contribution in [0.1, 0.15) is 52.9 Å². The van der Waals surface area contributed by atoms with Crippen LogP contribution in [0.15, 0.2) is 0 Å². The molecule has 0 spiro atoms. The van der Waals surface area contributed by atoms with Crippen molar-refractivity contribution in [3.63, 3.8) is 0 Å². The first-order valence-corrected chi connectivity index (χ1v) is 6.33. The summed E-state index contributed by atoms with van der Waals surface area (Å²) in [4.78, 5) is 23.0. The van der Waals surface area contributed by atoms with Crippen molar-refractivity contribution in [3.05, 3.63) is 0 Å². The third-order valence-corrected chi connectivity index (χ3v) is 3.21. The van der Waals surface area contributed by atoms with Gasteiger partial charge in [-0.05, 0) is 39.5 Å². The predicted octanol–water partition coefficient (Wildman–Crippen LogP) is 2.18. The van der Waals surface area contributed by atoms with Crippen LogP contribution in [-0.4, -0.2) is 22.5 Å². The number of aliphatic carboxylic acids is 1. The number of rotatable bonds is 4. The molecule has 1 unspecified atom stereocenters. The Balaban J connectivity index is 2.55. The molecule has 0 aromatic rings. The van der Waals surface area contributed by atoms with Crippen LogP contribution in [0.4, 0.5) is 0 Å². The van der Waals surface area contributed by atoms with Gasteiger partial charge in [-0.25, -0.2) is 0 Å². The van der Waals surface area contributed by atoms with Crippen LogP contribution in [0, 0.1) is 11.8 Å². The summed E-state index contributed by atoms with van der Waals surface area (Å²) in [6.45, 7) is 5.70. The summed E-state index contributed by atoms with van der Waals surface area (Å²) < 4.78 is 0. The van der Waals surface area contributed by atoms with Crippen molar-refractivity contribution >= 4 is 11.9 Å². The van der Waals surface area contributed by atoms with Crippen LogP contribution in [0.5, 0.6) is 0 Å². The molecule has 0 bridgehead atoms. The standard InChI is InChI=1S/C13H23NO3/c1-13(2,3)14-11(15)8-10(12(16)17)9-6-4-5-7-9/h9-10H,4-8H2,1-3H3,(H,14,15)(H,16,17). The molecule has 2 N–H and O–H groups in total. The SMILES string of the molecule is CC(C)(C)NC(=O)CC(C(=O)O)C1CCCC1. The predicted molar refractivity (Wildman–Crippen MR) is 65.6 cm³/mol. The fourth-order valence-electron chi connectivity index (χ4n) is 2.48. The highest BCUT2D eigenvalue weighted by Gasteiger charge is 2.32. The molecular weight excluding hydrogens is 218 g/mol. The van der Waals surface area contributed by atoms with Crippen LogP contribution in [0.3, 0.4) is 0 Å². The third kappa shape index (κ3) is 4.75. The monoisotopic (exact) mass is 241 g/mol. The Morgan fingerprint density at radius 1 is 1.29 bits per heavy atom. The lowest BCUT2D eigenvalue weighted by Crippen LogP contribution is -2.42. The van der Waals surface area contributed by atoms with E-state index >= 15 is 0 Å². The van der Waals surface area contributed by atoms with Gasteiger partial charge in [-0.15, -0.1) is 0 Å². The second-order valence-electron chi connectivity index (χ2n) is 5.99. The average molecular weight is 241 g/mol. The summed E-state index contributed by atoms with van der Waals surface area (Å²) >= 11 is 0. The molecule has 0 radical (unpaired) electrons. The van der Waals surface area contributed by atoms with E-state index in [-0.39, 0.29) is 23.8 Å². The van der Waals surface area contributed by atoms with Crippen molar-refractivity contribution < 1.29 is 14.7 Å². The zero-order valence-corrected chi connectivity index (χ0v) is 11.0. The molecule has 4 heteroatoms. The molecule has 1 aliphatic rings. The zero-order chi connectivity index (χ0) is 13.1. The van der Waals surface area contributed by atoms with E-state index in [1.165, 1.54) is 0 Å². The van der Waals surface area contributed by atoms with Crippen molar-refractivity contribution in [2.75, 3.05) is 0 Å². The largest absolute Gasteiger partial charge is 0.481 e. The van der Waals surface area contributed by atoms with E-state index in [4.69, 9.17) is 0 Å². The Labute approximate surface area is 103 Å². The highest BCUT2D eigenvalue weighted by molar-refractivity contribution is 5.82. The van der Waals surface area contributed by atoms with Gasteiger partial charge in [0.1, 0.15) is 0 Å². The highest BCUT2D eigenvalue weighted by atomic mass is 16.4. The van der Waals surface area contributed by atoms with Gasteiger partial charge < -0.3 is 10.4 Å². The first kappa shape index (κ1) is 14.0. The average Bonchev–Trinajstić information content (AvgIpc) is 2.63. The van der Waals surface area contributed by atoms with Gasteiger partial charge in [0.25, 0.3) is 0 Å². The molecule has 4 nitrogen and oxygen atoms in total. The molecule has 1 amide bonds. The minimum absolute atomic E-state index is 0.108. The number of amides is 1. The molecule has 98 valence electrons. The summed E-state index contributed by atoms with van der Waals surface area (Å²) in [5, 5.41) is 12.0. The minimum Gasteiger partial charge on any atom is -0.481 e. The highest BCUT2D eigenvalue weighted by Crippen LogP contribution is 2.33. The lowest BCUT2D eigenvalue weighted by molar-refractivity contribution is -0.146. The summed E-state index contributed by atoms with van der Waals surface area (Å²) in [5.74, 6) is -1.32. The van der Waals surface area contributed by atoms with Gasteiger partial charge in [0.15, 0.2) is 0 Å². The number of nitrogens with one attached hydrogen (secondary N) is 1. The topological polar surface area (TPSA) is 66.4 Å². The normalized spacial score (nSPS) is 19.0. The van der Waals surface area contributed by atoms with E-state index in [1.54, 1.807) is 0 Å². The third-order valence-electron chi connectivity index (χ3n) is 3.21. The molecule has 0 saturated heterocycles. The van der Waals surface area contributed by atoms with Gasteiger partial charge in [0, 0.05) is 12.0 Å². The van der Waals surface area contributed by atoms with E-state index in [9.17, 15) is 14.7 Å². The molecule has 1 rings (SSSR count). The first-order chi connectivity index (χ1) is 7.79. The molecule has 1 saturated carbocycles. The molecular formula is C13H23NO3. The van der Waals surface area contributed by atoms with E-state index in [0.717, 1.165) is 25.7 Å². The van der Waals surface area contributed by atoms with E-state index in [2.05, 4.69) is 5.32 Å². The smallest absolute Gasteiger partial charge is 0.307 e. The van der Waals surface area contributed by atoms with Gasteiger partial charge in [0.05, 0.1) is 5.92 Å². The Morgan fingerprint density at radius 2 is 1.82 bits per heavy atom. The number of hydrogen-bond acceptors (Lipinski definition) is 2. The van der Waals surface area contributed by atoms with Crippen molar-refractivity contribution in [3.8, 4) is 0 Å². The van der Waals surface area contributed by atoms with Gasteiger partial charge in [-0.3, -0.25) is 9.59 Å². The molecule has 0 aromatic carbocycles. The first-order valence-electron chi connectivity index (χ1n) is 6.33. The van der Waals surface area contributed by atoms with E-state index in [1.807, 2.05) is 20.8 Å². The maximum Gasteiger partial charge on any atom is 0.307 e. The molecule has 17 heavy (non-hydrogen) atoms. The maximum absolute atomic E-state index is 11.8. The van der Waals surface area contributed by atoms with Crippen LogP contribution >= 0.6 is 0 Å². The zero-order valence-electron chi connectivity index (χ0n) is 11.0. The van der Waals surface area contributed by atoms with Gasteiger partial charge in [0.2, 0.25) is 5.91 Å². The summed E-state index contributed by atoms with van der Waals surface area (Å²) in [5.41, 5.74) is -0.296. The molecule has 1 fully saturated rings. The maximum atomic E-state index is 11.8. The van der Waals surface area contributed by atoms with Crippen LogP contribution in [-0.2, 0) is 9.59 Å². The van der Waals surface area contributed by atoms with Crippen molar-refractivity contribution in [1.29, 1.82) is 0 Å². The van der Waals surface area contributed by atoms with Crippen LogP contribution < -0.4 is 5.32 Å². The van der Waals surface area contributed by atoms with Gasteiger partial charge >= 0.3 is 5.97 Å². The number of carbonyl (C=O) groups is 2. The number of carboxylic acids is 1. The summed E-state index contributed by atoms with van der Waals surface area (Å²) in [6, 6.07) is 0. The van der Waals surface area contributed by atoms with E-state index < -0.39 is 11.9 Å². The lowest BCUT2D eigenvalue weighted by atomic mass is 9.87. The summed E-state index contributed by atoms with van der Waals surface area (Å²) in [6.07, 6.45) is 4.18. The Bertz CT molecular complexity index is 288. The van der Waals surface area contributed by atoms with Crippen LogP contribution in [0.2, 0.25) is 0 Å². The number of carboxylic acid groups (broad SMARTS) is 1. The fraction of sp³-hybridized carbons (Fsp3) is 0.846. The van der Waals surface area contributed by atoms with Gasteiger partial charge in [-0.1, -0.05) is 12.8 Å². The quantitative estimate of drug-likeness (QED) is 0.792.